The van der Waals surface area contributed by atoms with Crippen molar-refractivity contribution in [3.8, 4) is 0 Å². The molecule has 0 aliphatic rings. The summed E-state index contributed by atoms with van der Waals surface area (Å²) in [6.07, 6.45) is 3.77. The van der Waals surface area contributed by atoms with Gasteiger partial charge in [-0.15, -0.1) is 0 Å². The number of rotatable bonds is 6. The first-order valence-corrected chi connectivity index (χ1v) is 18.0. The highest BCUT2D eigenvalue weighted by Gasteiger charge is 2.32. The summed E-state index contributed by atoms with van der Waals surface area (Å²) in [5.41, 5.74) is 2.44. The molecule has 0 saturated heterocycles. The number of benzene rings is 2. The van der Waals surface area contributed by atoms with Crippen molar-refractivity contribution in [2.24, 2.45) is 0 Å². The highest BCUT2D eigenvalue weighted by Crippen LogP contribution is 2.43. The molecule has 0 aliphatic carbocycles. The number of anilines is 4. The van der Waals surface area contributed by atoms with Gasteiger partial charge in [0.05, 0.1) is 0 Å². The van der Waals surface area contributed by atoms with E-state index in [1.54, 1.807) is 0 Å². The lowest BCUT2D eigenvalue weighted by Gasteiger charge is -2.39. The Hall–Kier alpha value is -2.97. The Kier molecular flexibility index (Phi) is 5.92. The van der Waals surface area contributed by atoms with E-state index < -0.39 is 16.5 Å². The molecule has 4 rings (SSSR count). The summed E-state index contributed by atoms with van der Waals surface area (Å²) in [4.78, 5) is 9.51. The van der Waals surface area contributed by atoms with Crippen molar-refractivity contribution in [2.75, 3.05) is 9.13 Å². The quantitative estimate of drug-likeness (QED) is 0.280. The van der Waals surface area contributed by atoms with Gasteiger partial charge in [-0.1, -0.05) is 75.7 Å². The van der Waals surface area contributed by atoms with Gasteiger partial charge in [0.25, 0.3) is 0 Å². The van der Waals surface area contributed by atoms with Crippen molar-refractivity contribution >= 4 is 50.3 Å². The maximum Gasteiger partial charge on any atom is 0.155 e. The average Bonchev–Trinajstić information content (AvgIpc) is 2.74. The largest absolute Gasteiger partial charge is 0.354 e. The Labute approximate surface area is 193 Å². The Bertz CT molecular complexity index is 1110. The van der Waals surface area contributed by atoms with E-state index in [1.807, 2.05) is 24.5 Å². The van der Waals surface area contributed by atoms with Crippen LogP contribution in [0.15, 0.2) is 85.2 Å². The zero-order valence-corrected chi connectivity index (χ0v) is 21.9. The van der Waals surface area contributed by atoms with Gasteiger partial charge in [-0.3, -0.25) is 0 Å². The van der Waals surface area contributed by atoms with Gasteiger partial charge in [-0.25, -0.2) is 9.97 Å². The maximum atomic E-state index is 4.75. The molecule has 0 atom stereocenters. The standard InChI is InChI=1S/C26H32N4Si2/c1-31(2,3)29(24-17-7-9-19-27-24)22-15-11-13-21-14-12-16-23(26(21)22)30(32(4,5)6)25-18-8-10-20-28-25/h7-20H,1-6H3. The van der Waals surface area contributed by atoms with Gasteiger partial charge in [0.1, 0.15) is 11.6 Å². The highest BCUT2D eigenvalue weighted by molar-refractivity contribution is 6.82. The molecule has 2 aromatic carbocycles. The van der Waals surface area contributed by atoms with E-state index >= 15 is 0 Å². The summed E-state index contributed by atoms with van der Waals surface area (Å²) in [5, 5.41) is 2.49. The van der Waals surface area contributed by atoms with Crippen molar-refractivity contribution in [1.82, 2.24) is 9.97 Å². The summed E-state index contributed by atoms with van der Waals surface area (Å²) >= 11 is 0. The summed E-state index contributed by atoms with van der Waals surface area (Å²) < 4.78 is 4.97. The summed E-state index contributed by atoms with van der Waals surface area (Å²) in [7, 11) is -3.64. The van der Waals surface area contributed by atoms with Crippen LogP contribution in [-0.2, 0) is 0 Å². The normalized spacial score (nSPS) is 12.1. The zero-order chi connectivity index (χ0) is 22.9. The second-order valence-electron chi connectivity index (χ2n) is 10.0. The number of pyridine rings is 2. The highest BCUT2D eigenvalue weighted by atomic mass is 28.3. The molecule has 0 unspecified atom stereocenters. The van der Waals surface area contributed by atoms with Gasteiger partial charge in [0.15, 0.2) is 16.5 Å². The van der Waals surface area contributed by atoms with Crippen molar-refractivity contribution in [2.45, 2.75) is 39.3 Å². The summed E-state index contributed by atoms with van der Waals surface area (Å²) in [6, 6.07) is 25.6. The van der Waals surface area contributed by atoms with E-state index in [1.165, 1.54) is 22.1 Å². The fourth-order valence-corrected chi connectivity index (χ4v) is 7.76. The second-order valence-corrected chi connectivity index (χ2v) is 19.6. The third-order valence-electron chi connectivity index (χ3n) is 5.44. The molecule has 0 radical (unpaired) electrons. The third-order valence-corrected chi connectivity index (χ3v) is 9.06. The predicted octanol–water partition coefficient (Wildman–Crippen LogP) is 7.58. The Morgan fingerprint density at radius 3 is 1.31 bits per heavy atom. The van der Waals surface area contributed by atoms with Crippen LogP contribution in [0, 0.1) is 0 Å². The van der Waals surface area contributed by atoms with E-state index in [2.05, 4.69) is 109 Å². The molecule has 0 saturated carbocycles. The minimum atomic E-state index is -1.82. The molecule has 2 heterocycles. The predicted molar refractivity (Wildman–Crippen MR) is 143 cm³/mol. The average molecular weight is 457 g/mol. The molecule has 2 aromatic heterocycles. The van der Waals surface area contributed by atoms with Gasteiger partial charge >= 0.3 is 0 Å². The first kappa shape index (κ1) is 22.2. The third kappa shape index (κ3) is 4.33. The number of fused-ring (bicyclic) bond motifs is 1. The van der Waals surface area contributed by atoms with Crippen LogP contribution in [0.5, 0.6) is 0 Å². The molecule has 6 heteroatoms. The Balaban J connectivity index is 2.05. The first-order valence-electron chi connectivity index (χ1n) is 11.1. The fraction of sp³-hybridized carbons (Fsp3) is 0.231. The molecule has 0 amide bonds. The minimum Gasteiger partial charge on any atom is -0.354 e. The summed E-state index contributed by atoms with van der Waals surface area (Å²) in [6.45, 7) is 14.2. The topological polar surface area (TPSA) is 32.3 Å². The first-order chi connectivity index (χ1) is 15.2. The van der Waals surface area contributed by atoms with Crippen molar-refractivity contribution in [1.29, 1.82) is 0 Å². The van der Waals surface area contributed by atoms with Gasteiger partial charge in [-0.2, -0.15) is 0 Å². The summed E-state index contributed by atoms with van der Waals surface area (Å²) in [5.74, 6) is 2.01. The number of aromatic nitrogens is 2. The van der Waals surface area contributed by atoms with Gasteiger partial charge in [0.2, 0.25) is 0 Å². The molecule has 0 N–H and O–H groups in total. The monoisotopic (exact) mass is 456 g/mol. The van der Waals surface area contributed by atoms with Crippen LogP contribution in [-0.4, -0.2) is 26.4 Å². The molecular weight excluding hydrogens is 424 g/mol. The second kappa shape index (κ2) is 8.52. The van der Waals surface area contributed by atoms with Crippen LogP contribution in [0.4, 0.5) is 23.0 Å². The number of nitrogens with zero attached hydrogens (tertiary/aromatic N) is 4. The fourth-order valence-electron chi connectivity index (χ4n) is 4.30. The molecule has 0 aliphatic heterocycles. The van der Waals surface area contributed by atoms with Crippen molar-refractivity contribution < 1.29 is 0 Å². The molecular formula is C26H32N4Si2. The molecule has 4 nitrogen and oxygen atoms in total. The van der Waals surface area contributed by atoms with E-state index in [9.17, 15) is 0 Å². The molecule has 0 bridgehead atoms. The van der Waals surface area contributed by atoms with Crippen molar-refractivity contribution in [3.05, 3.63) is 85.2 Å². The molecule has 0 spiro atoms. The Morgan fingerprint density at radius 1 is 0.531 bits per heavy atom. The van der Waals surface area contributed by atoms with Gasteiger partial charge in [0, 0.05) is 29.2 Å². The Morgan fingerprint density at radius 2 is 0.969 bits per heavy atom. The van der Waals surface area contributed by atoms with Crippen LogP contribution >= 0.6 is 0 Å². The van der Waals surface area contributed by atoms with Gasteiger partial charge < -0.3 is 9.13 Å². The van der Waals surface area contributed by atoms with Crippen molar-refractivity contribution in [3.63, 3.8) is 0 Å². The van der Waals surface area contributed by atoms with Gasteiger partial charge in [-0.05, 0) is 41.8 Å². The maximum absolute atomic E-state index is 4.75. The van der Waals surface area contributed by atoms with Crippen LogP contribution < -0.4 is 9.13 Å². The molecule has 164 valence electrons. The van der Waals surface area contributed by atoms with Crippen LogP contribution in [0.1, 0.15) is 0 Å². The smallest absolute Gasteiger partial charge is 0.155 e. The van der Waals surface area contributed by atoms with E-state index in [0.717, 1.165) is 11.6 Å². The molecule has 0 fully saturated rings. The number of hydrogen-bond acceptors (Lipinski definition) is 4. The number of hydrogen-bond donors (Lipinski definition) is 0. The van der Waals surface area contributed by atoms with Crippen LogP contribution in [0.25, 0.3) is 10.8 Å². The lowest BCUT2D eigenvalue weighted by atomic mass is 10.1. The van der Waals surface area contributed by atoms with E-state index in [0.29, 0.717) is 0 Å². The zero-order valence-electron chi connectivity index (χ0n) is 19.9. The SMILES string of the molecule is C[Si](C)(C)N(c1ccccn1)c1cccc2cccc(N(c3ccccn3)[Si](C)(C)C)c12. The van der Waals surface area contributed by atoms with E-state index in [-0.39, 0.29) is 0 Å². The minimum absolute atomic E-state index is 1.01. The van der Waals surface area contributed by atoms with Crippen LogP contribution in [0.2, 0.25) is 39.3 Å². The lowest BCUT2D eigenvalue weighted by Crippen LogP contribution is -2.44. The molecule has 32 heavy (non-hydrogen) atoms. The molecule has 4 aromatic rings. The lowest BCUT2D eigenvalue weighted by molar-refractivity contribution is 1.20. The van der Waals surface area contributed by atoms with Crippen LogP contribution in [0.3, 0.4) is 0 Å². The van der Waals surface area contributed by atoms with E-state index in [4.69, 9.17) is 9.97 Å².